The van der Waals surface area contributed by atoms with Crippen LogP contribution in [0.2, 0.25) is 0 Å². The third-order valence-corrected chi connectivity index (χ3v) is 1.40. The third-order valence-electron chi connectivity index (χ3n) is 1.40. The third kappa shape index (κ3) is 6.39. The highest BCUT2D eigenvalue weighted by Gasteiger charge is 2.38. The van der Waals surface area contributed by atoms with Gasteiger partial charge in [0.05, 0.1) is 6.10 Å². The summed E-state index contributed by atoms with van der Waals surface area (Å²) in [6, 6.07) is 0. The van der Waals surface area contributed by atoms with E-state index in [-0.39, 0.29) is 0 Å². The molecule has 1 atom stereocenters. The Hall–Kier alpha value is -0.780. The van der Waals surface area contributed by atoms with Gasteiger partial charge in [0, 0.05) is 6.61 Å². The standard InChI is InChI=1S/C5H10O.C2HF3O2/c1-5-3-2-4-6-5;3-2(4,5)1(6)7/h5H,2-4H2,1H3;(H,6,7). The molecule has 78 valence electrons. The summed E-state index contributed by atoms with van der Waals surface area (Å²) < 4.78 is 36.9. The van der Waals surface area contributed by atoms with Gasteiger partial charge in [-0.1, -0.05) is 0 Å². The molecular weight excluding hydrogens is 189 g/mol. The lowest BCUT2D eigenvalue weighted by atomic mass is 10.3. The Morgan fingerprint density at radius 2 is 2.00 bits per heavy atom. The fraction of sp³-hybridized carbons (Fsp3) is 0.857. The van der Waals surface area contributed by atoms with Gasteiger partial charge in [0.15, 0.2) is 0 Å². The van der Waals surface area contributed by atoms with Crippen LogP contribution in [0.4, 0.5) is 13.2 Å². The maximum Gasteiger partial charge on any atom is 0.490 e. The smallest absolute Gasteiger partial charge is 0.475 e. The van der Waals surface area contributed by atoms with Crippen molar-refractivity contribution in [2.24, 2.45) is 0 Å². The zero-order valence-corrected chi connectivity index (χ0v) is 7.10. The molecule has 1 saturated heterocycles. The molecule has 6 heteroatoms. The SMILES string of the molecule is CC1CCCO1.O=C(O)C(F)(F)F. The van der Waals surface area contributed by atoms with E-state index in [1.807, 2.05) is 0 Å². The molecule has 0 aromatic rings. The van der Waals surface area contributed by atoms with E-state index in [2.05, 4.69) is 6.92 Å². The molecule has 0 saturated carbocycles. The molecule has 0 bridgehead atoms. The van der Waals surface area contributed by atoms with Gasteiger partial charge < -0.3 is 9.84 Å². The topological polar surface area (TPSA) is 46.5 Å². The predicted molar refractivity (Wildman–Crippen MR) is 38.3 cm³/mol. The summed E-state index contributed by atoms with van der Waals surface area (Å²) in [6.45, 7) is 3.11. The van der Waals surface area contributed by atoms with Gasteiger partial charge >= 0.3 is 12.1 Å². The van der Waals surface area contributed by atoms with Gasteiger partial charge in [0.2, 0.25) is 0 Å². The van der Waals surface area contributed by atoms with Gasteiger partial charge in [-0.05, 0) is 19.8 Å². The van der Waals surface area contributed by atoms with Crippen molar-refractivity contribution in [1.29, 1.82) is 0 Å². The summed E-state index contributed by atoms with van der Waals surface area (Å²) in [5.41, 5.74) is 0. The molecular formula is C7H11F3O3. The first kappa shape index (κ1) is 12.2. The minimum atomic E-state index is -5.08. The molecule has 1 N–H and O–H groups in total. The number of aliphatic carboxylic acids is 1. The zero-order valence-electron chi connectivity index (χ0n) is 7.10. The number of carbonyl (C=O) groups is 1. The van der Waals surface area contributed by atoms with Crippen molar-refractivity contribution in [2.45, 2.75) is 32.0 Å². The second-order valence-electron chi connectivity index (χ2n) is 2.63. The van der Waals surface area contributed by atoms with E-state index >= 15 is 0 Å². The van der Waals surface area contributed by atoms with Crippen molar-refractivity contribution >= 4 is 5.97 Å². The van der Waals surface area contributed by atoms with Crippen LogP contribution in [-0.2, 0) is 9.53 Å². The summed E-state index contributed by atoms with van der Waals surface area (Å²) in [6.07, 6.45) is -2.01. The minimum Gasteiger partial charge on any atom is -0.475 e. The maximum absolute atomic E-state index is 10.6. The van der Waals surface area contributed by atoms with Crippen molar-refractivity contribution < 1.29 is 27.8 Å². The van der Waals surface area contributed by atoms with Gasteiger partial charge in [-0.25, -0.2) is 4.79 Å². The molecule has 1 rings (SSSR count). The first-order valence-electron chi connectivity index (χ1n) is 3.75. The van der Waals surface area contributed by atoms with Crippen LogP contribution in [0.25, 0.3) is 0 Å². The summed E-state index contributed by atoms with van der Waals surface area (Å²) in [7, 11) is 0. The maximum atomic E-state index is 10.6. The summed E-state index contributed by atoms with van der Waals surface area (Å²) >= 11 is 0. The molecule has 1 unspecified atom stereocenters. The van der Waals surface area contributed by atoms with Crippen LogP contribution in [0.15, 0.2) is 0 Å². The number of rotatable bonds is 0. The van der Waals surface area contributed by atoms with E-state index in [9.17, 15) is 13.2 Å². The number of hydrogen-bond donors (Lipinski definition) is 1. The molecule has 1 heterocycles. The quantitative estimate of drug-likeness (QED) is 0.648. The molecule has 1 fully saturated rings. The fourth-order valence-corrected chi connectivity index (χ4v) is 0.739. The van der Waals surface area contributed by atoms with Crippen LogP contribution in [0.1, 0.15) is 19.8 Å². The van der Waals surface area contributed by atoms with E-state index in [1.165, 1.54) is 12.8 Å². The van der Waals surface area contributed by atoms with Gasteiger partial charge in [-0.2, -0.15) is 13.2 Å². The summed E-state index contributed by atoms with van der Waals surface area (Å²) in [4.78, 5) is 8.90. The molecule has 0 amide bonds. The first-order chi connectivity index (χ1) is 5.84. The molecule has 0 spiro atoms. The molecule has 13 heavy (non-hydrogen) atoms. The van der Waals surface area contributed by atoms with Crippen LogP contribution in [0, 0.1) is 0 Å². The molecule has 0 aromatic carbocycles. The predicted octanol–water partition coefficient (Wildman–Crippen LogP) is 1.82. The largest absolute Gasteiger partial charge is 0.490 e. The molecule has 1 aliphatic heterocycles. The van der Waals surface area contributed by atoms with Crippen molar-refractivity contribution in [1.82, 2.24) is 0 Å². The molecule has 0 aromatic heterocycles. The van der Waals surface area contributed by atoms with Crippen molar-refractivity contribution in [3.8, 4) is 0 Å². The average Bonchev–Trinajstić information content (AvgIpc) is 2.38. The van der Waals surface area contributed by atoms with Crippen LogP contribution in [0.5, 0.6) is 0 Å². The molecule has 3 nitrogen and oxygen atoms in total. The van der Waals surface area contributed by atoms with E-state index in [1.54, 1.807) is 0 Å². The first-order valence-corrected chi connectivity index (χ1v) is 3.75. The Labute approximate surface area is 73.5 Å². The van der Waals surface area contributed by atoms with Crippen LogP contribution < -0.4 is 0 Å². The number of halogens is 3. The highest BCUT2D eigenvalue weighted by molar-refractivity contribution is 5.73. The van der Waals surface area contributed by atoms with Crippen LogP contribution in [0.3, 0.4) is 0 Å². The number of ether oxygens (including phenoxy) is 1. The van der Waals surface area contributed by atoms with Crippen molar-refractivity contribution in [3.05, 3.63) is 0 Å². The summed E-state index contributed by atoms with van der Waals surface area (Å²) in [5.74, 6) is -2.76. The van der Waals surface area contributed by atoms with Gasteiger partial charge in [0.1, 0.15) is 0 Å². The number of carboxylic acids is 1. The van der Waals surface area contributed by atoms with E-state index < -0.39 is 12.1 Å². The minimum absolute atomic E-state index is 0.546. The van der Waals surface area contributed by atoms with Crippen molar-refractivity contribution in [3.63, 3.8) is 0 Å². The highest BCUT2D eigenvalue weighted by atomic mass is 19.4. The molecule has 1 aliphatic rings. The lowest BCUT2D eigenvalue weighted by Crippen LogP contribution is -2.21. The van der Waals surface area contributed by atoms with Crippen molar-refractivity contribution in [2.75, 3.05) is 6.61 Å². The Morgan fingerprint density at radius 1 is 1.54 bits per heavy atom. The molecule has 0 radical (unpaired) electrons. The van der Waals surface area contributed by atoms with Crippen LogP contribution in [-0.4, -0.2) is 30.0 Å². The van der Waals surface area contributed by atoms with E-state index in [0.717, 1.165) is 6.61 Å². The van der Waals surface area contributed by atoms with E-state index in [4.69, 9.17) is 14.6 Å². The van der Waals surface area contributed by atoms with E-state index in [0.29, 0.717) is 6.10 Å². The summed E-state index contributed by atoms with van der Waals surface area (Å²) in [5, 5.41) is 7.12. The zero-order chi connectivity index (χ0) is 10.5. The second-order valence-corrected chi connectivity index (χ2v) is 2.63. The van der Waals surface area contributed by atoms with Gasteiger partial charge in [-0.15, -0.1) is 0 Å². The van der Waals surface area contributed by atoms with Crippen LogP contribution >= 0.6 is 0 Å². The lowest BCUT2D eigenvalue weighted by molar-refractivity contribution is -0.192. The lowest BCUT2D eigenvalue weighted by Gasteiger charge is -1.94. The normalized spacial score (nSPS) is 22.0. The Bertz CT molecular complexity index is 161. The number of hydrogen-bond acceptors (Lipinski definition) is 2. The van der Waals surface area contributed by atoms with Gasteiger partial charge in [-0.3, -0.25) is 0 Å². The number of alkyl halides is 3. The number of carboxylic acid groups (broad SMARTS) is 1. The molecule has 0 aliphatic carbocycles. The Kier molecular flexibility index (Phi) is 4.76. The monoisotopic (exact) mass is 200 g/mol. The van der Waals surface area contributed by atoms with Gasteiger partial charge in [0.25, 0.3) is 0 Å². The second kappa shape index (κ2) is 5.06. The fourth-order valence-electron chi connectivity index (χ4n) is 0.739. The highest BCUT2D eigenvalue weighted by Crippen LogP contribution is 2.13. The Morgan fingerprint density at radius 3 is 2.08 bits per heavy atom. The average molecular weight is 200 g/mol. The Balaban J connectivity index is 0.000000223.